The molecule has 1 fully saturated rings. The van der Waals surface area contributed by atoms with Crippen molar-refractivity contribution in [2.75, 3.05) is 33.4 Å². The van der Waals surface area contributed by atoms with E-state index in [0.29, 0.717) is 6.42 Å². The lowest BCUT2D eigenvalue weighted by atomic mass is 9.93. The zero-order valence-electron chi connectivity index (χ0n) is 10.4. The normalized spacial score (nSPS) is 20.5. The number of nitrogens with zero attached hydrogens (tertiary/aromatic N) is 1. The minimum atomic E-state index is -0.553. The molecule has 1 aliphatic rings. The molecule has 1 atom stereocenters. The number of morpholine rings is 1. The van der Waals surface area contributed by atoms with Gasteiger partial charge in [0.25, 0.3) is 0 Å². The van der Waals surface area contributed by atoms with Gasteiger partial charge >= 0.3 is 5.97 Å². The summed E-state index contributed by atoms with van der Waals surface area (Å²) in [7, 11) is 1.37. The van der Waals surface area contributed by atoms with Gasteiger partial charge in [-0.15, -0.1) is 0 Å². The average Bonchev–Trinajstić information content (AvgIpc) is 2.28. The minimum absolute atomic E-state index is 0.0998. The number of rotatable bonds is 4. The SMILES string of the molecule is COC(=O)C(N)CC(C)(C)N1CCOCC1. The fraction of sp³-hybridized carbons (Fsp3) is 0.909. The second kappa shape index (κ2) is 5.61. The molecule has 1 aliphatic heterocycles. The summed E-state index contributed by atoms with van der Waals surface area (Å²) in [6.45, 7) is 7.47. The van der Waals surface area contributed by atoms with Crippen LogP contribution in [-0.4, -0.2) is 55.9 Å². The van der Waals surface area contributed by atoms with Crippen LogP contribution in [0.3, 0.4) is 0 Å². The molecule has 1 saturated heterocycles. The highest BCUT2D eigenvalue weighted by atomic mass is 16.5. The van der Waals surface area contributed by atoms with Crippen molar-refractivity contribution in [2.24, 2.45) is 5.73 Å². The van der Waals surface area contributed by atoms with Crippen LogP contribution in [0.25, 0.3) is 0 Å². The summed E-state index contributed by atoms with van der Waals surface area (Å²) in [5.41, 5.74) is 5.69. The van der Waals surface area contributed by atoms with Gasteiger partial charge < -0.3 is 15.2 Å². The monoisotopic (exact) mass is 230 g/mol. The van der Waals surface area contributed by atoms with E-state index in [1.165, 1.54) is 7.11 Å². The van der Waals surface area contributed by atoms with E-state index in [0.717, 1.165) is 26.3 Å². The third-order valence-corrected chi connectivity index (χ3v) is 3.09. The summed E-state index contributed by atoms with van der Waals surface area (Å²) >= 11 is 0. The van der Waals surface area contributed by atoms with Crippen LogP contribution in [0.15, 0.2) is 0 Å². The number of hydrogen-bond donors (Lipinski definition) is 1. The molecule has 0 amide bonds. The Bertz CT molecular complexity index is 237. The maximum atomic E-state index is 11.3. The lowest BCUT2D eigenvalue weighted by Gasteiger charge is -2.41. The van der Waals surface area contributed by atoms with Crippen molar-refractivity contribution in [2.45, 2.75) is 31.8 Å². The summed E-state index contributed by atoms with van der Waals surface area (Å²) < 4.78 is 9.94. The van der Waals surface area contributed by atoms with Crippen LogP contribution in [0, 0.1) is 0 Å². The van der Waals surface area contributed by atoms with Gasteiger partial charge in [0.15, 0.2) is 0 Å². The zero-order chi connectivity index (χ0) is 12.2. The fourth-order valence-corrected chi connectivity index (χ4v) is 2.07. The zero-order valence-corrected chi connectivity index (χ0v) is 10.4. The Morgan fingerprint density at radius 2 is 2.06 bits per heavy atom. The Morgan fingerprint density at radius 1 is 1.50 bits per heavy atom. The first kappa shape index (κ1) is 13.4. The van der Waals surface area contributed by atoms with Crippen LogP contribution in [0.5, 0.6) is 0 Å². The van der Waals surface area contributed by atoms with Gasteiger partial charge in [-0.1, -0.05) is 0 Å². The second-order valence-electron chi connectivity index (χ2n) is 4.75. The largest absolute Gasteiger partial charge is 0.468 e. The molecule has 94 valence electrons. The van der Waals surface area contributed by atoms with Gasteiger partial charge in [-0.2, -0.15) is 0 Å². The van der Waals surface area contributed by atoms with E-state index in [9.17, 15) is 4.79 Å². The van der Waals surface area contributed by atoms with Gasteiger partial charge in [0.05, 0.1) is 20.3 Å². The van der Waals surface area contributed by atoms with Crippen molar-refractivity contribution >= 4 is 5.97 Å². The summed E-state index contributed by atoms with van der Waals surface area (Å²) in [4.78, 5) is 13.6. The summed E-state index contributed by atoms with van der Waals surface area (Å²) in [6.07, 6.45) is 0.597. The molecule has 5 heteroatoms. The summed E-state index contributed by atoms with van der Waals surface area (Å²) in [5, 5.41) is 0. The number of methoxy groups -OCH3 is 1. The number of ether oxygens (including phenoxy) is 2. The lowest BCUT2D eigenvalue weighted by Crippen LogP contribution is -2.53. The molecule has 2 N–H and O–H groups in total. The molecule has 0 radical (unpaired) electrons. The smallest absolute Gasteiger partial charge is 0.322 e. The molecule has 0 aromatic heterocycles. The standard InChI is InChI=1S/C11H22N2O3/c1-11(2,8-9(12)10(14)15-3)13-4-6-16-7-5-13/h9H,4-8,12H2,1-3H3. The van der Waals surface area contributed by atoms with Crippen LogP contribution in [0.4, 0.5) is 0 Å². The van der Waals surface area contributed by atoms with Crippen molar-refractivity contribution < 1.29 is 14.3 Å². The van der Waals surface area contributed by atoms with E-state index in [2.05, 4.69) is 23.5 Å². The van der Waals surface area contributed by atoms with E-state index in [1.54, 1.807) is 0 Å². The average molecular weight is 230 g/mol. The molecule has 16 heavy (non-hydrogen) atoms. The van der Waals surface area contributed by atoms with Crippen LogP contribution in [0.2, 0.25) is 0 Å². The quantitative estimate of drug-likeness (QED) is 0.688. The Hall–Kier alpha value is -0.650. The van der Waals surface area contributed by atoms with Crippen LogP contribution in [0.1, 0.15) is 20.3 Å². The molecule has 0 bridgehead atoms. The first-order valence-electron chi connectivity index (χ1n) is 5.63. The van der Waals surface area contributed by atoms with Crippen molar-refractivity contribution in [3.05, 3.63) is 0 Å². The molecular formula is C11H22N2O3. The maximum Gasteiger partial charge on any atom is 0.322 e. The van der Waals surface area contributed by atoms with Gasteiger partial charge in [0.2, 0.25) is 0 Å². The number of carbonyl (C=O) groups excluding carboxylic acids is 1. The minimum Gasteiger partial charge on any atom is -0.468 e. The van der Waals surface area contributed by atoms with E-state index in [1.807, 2.05) is 0 Å². The number of esters is 1. The number of carbonyl (C=O) groups is 1. The summed E-state index contributed by atoms with van der Waals surface area (Å²) in [5.74, 6) is -0.346. The van der Waals surface area contributed by atoms with E-state index < -0.39 is 6.04 Å². The summed E-state index contributed by atoms with van der Waals surface area (Å²) in [6, 6.07) is -0.553. The highest BCUT2D eigenvalue weighted by Crippen LogP contribution is 2.21. The predicted octanol–water partition coefficient (Wildman–Crippen LogP) is -0.0124. The van der Waals surface area contributed by atoms with Gasteiger partial charge in [-0.05, 0) is 20.3 Å². The highest BCUT2D eigenvalue weighted by molar-refractivity contribution is 5.75. The first-order chi connectivity index (χ1) is 7.47. The Labute approximate surface area is 96.9 Å². The van der Waals surface area contributed by atoms with E-state index in [-0.39, 0.29) is 11.5 Å². The van der Waals surface area contributed by atoms with Gasteiger partial charge in [-0.25, -0.2) is 0 Å². The molecule has 1 heterocycles. The number of hydrogen-bond acceptors (Lipinski definition) is 5. The van der Waals surface area contributed by atoms with Crippen molar-refractivity contribution in [1.29, 1.82) is 0 Å². The third-order valence-electron chi connectivity index (χ3n) is 3.09. The van der Waals surface area contributed by atoms with Gasteiger partial charge in [-0.3, -0.25) is 9.69 Å². The predicted molar refractivity (Wildman–Crippen MR) is 61.1 cm³/mol. The van der Waals surface area contributed by atoms with Crippen LogP contribution < -0.4 is 5.73 Å². The van der Waals surface area contributed by atoms with Crippen molar-refractivity contribution in [3.8, 4) is 0 Å². The molecule has 5 nitrogen and oxygen atoms in total. The van der Waals surface area contributed by atoms with Crippen LogP contribution in [-0.2, 0) is 14.3 Å². The molecule has 1 rings (SSSR count). The fourth-order valence-electron chi connectivity index (χ4n) is 2.07. The maximum absolute atomic E-state index is 11.3. The van der Waals surface area contributed by atoms with E-state index >= 15 is 0 Å². The molecule has 0 aliphatic carbocycles. The number of nitrogens with two attached hydrogens (primary N) is 1. The van der Waals surface area contributed by atoms with Crippen molar-refractivity contribution in [3.63, 3.8) is 0 Å². The third kappa shape index (κ3) is 3.43. The topological polar surface area (TPSA) is 64.8 Å². The Balaban J connectivity index is 2.52. The molecule has 0 spiro atoms. The molecule has 0 saturated carbocycles. The van der Waals surface area contributed by atoms with Crippen molar-refractivity contribution in [1.82, 2.24) is 4.90 Å². The Kier molecular flexibility index (Phi) is 4.70. The highest BCUT2D eigenvalue weighted by Gasteiger charge is 2.32. The Morgan fingerprint density at radius 3 is 2.56 bits per heavy atom. The molecule has 0 aromatic rings. The second-order valence-corrected chi connectivity index (χ2v) is 4.75. The van der Waals surface area contributed by atoms with E-state index in [4.69, 9.17) is 10.5 Å². The van der Waals surface area contributed by atoms with Gasteiger partial charge in [0.1, 0.15) is 6.04 Å². The molecule has 0 aromatic carbocycles. The molecular weight excluding hydrogens is 208 g/mol. The first-order valence-corrected chi connectivity index (χ1v) is 5.63. The molecule has 1 unspecified atom stereocenters. The van der Waals surface area contributed by atoms with Gasteiger partial charge in [0, 0.05) is 18.6 Å². The van der Waals surface area contributed by atoms with Crippen LogP contribution >= 0.6 is 0 Å². The lowest BCUT2D eigenvalue weighted by molar-refractivity contribution is -0.143.